The molecule has 0 aliphatic heterocycles. The van der Waals surface area contributed by atoms with Crippen molar-refractivity contribution in [1.29, 1.82) is 0 Å². The van der Waals surface area contributed by atoms with Crippen LogP contribution in [0.25, 0.3) is 10.8 Å². The molecule has 138 valence electrons. The Kier molecular flexibility index (Phi) is 5.03. The third kappa shape index (κ3) is 3.57. The molecule has 0 unspecified atom stereocenters. The molecular formula is C20H20N4O3. The van der Waals surface area contributed by atoms with E-state index in [0.29, 0.717) is 10.8 Å². The van der Waals surface area contributed by atoms with E-state index in [1.54, 1.807) is 36.2 Å². The molecule has 0 aliphatic rings. The van der Waals surface area contributed by atoms with Crippen molar-refractivity contribution in [2.45, 2.75) is 19.5 Å². The summed E-state index contributed by atoms with van der Waals surface area (Å²) < 4.78 is 0.999. The minimum absolute atomic E-state index is 0.0308. The van der Waals surface area contributed by atoms with Crippen LogP contribution in [-0.4, -0.2) is 33.5 Å². The van der Waals surface area contributed by atoms with Gasteiger partial charge in [-0.25, -0.2) is 4.68 Å². The fraction of sp³-hybridized carbons (Fsp3) is 0.200. The van der Waals surface area contributed by atoms with Crippen molar-refractivity contribution in [3.63, 3.8) is 0 Å². The summed E-state index contributed by atoms with van der Waals surface area (Å²) in [6.45, 7) is 1.62. The molecule has 0 saturated carbocycles. The molecule has 27 heavy (non-hydrogen) atoms. The molecule has 2 amide bonds. The first-order valence-electron chi connectivity index (χ1n) is 8.50. The number of likely N-dealkylation sites (N-methyl/N-ethyl adjacent to an activating group) is 1. The Morgan fingerprint density at radius 2 is 1.67 bits per heavy atom. The van der Waals surface area contributed by atoms with Gasteiger partial charge in [-0.15, -0.1) is 0 Å². The number of hydrogen-bond donors (Lipinski definition) is 1. The van der Waals surface area contributed by atoms with Gasteiger partial charge in [-0.3, -0.25) is 14.4 Å². The van der Waals surface area contributed by atoms with E-state index in [-0.39, 0.29) is 24.2 Å². The van der Waals surface area contributed by atoms with Gasteiger partial charge in [-0.1, -0.05) is 48.5 Å². The van der Waals surface area contributed by atoms with Crippen molar-refractivity contribution in [2.24, 2.45) is 5.73 Å². The van der Waals surface area contributed by atoms with Crippen LogP contribution in [0.3, 0.4) is 0 Å². The number of carbonyl (C=O) groups excluding carboxylic acids is 2. The average Bonchev–Trinajstić information content (AvgIpc) is 2.69. The molecule has 7 nitrogen and oxygen atoms in total. The standard InChI is InChI=1S/C20H20N4O3/c1-13(14-8-4-3-5-9-14)23(2)17(25)12-24-20(27)16-11-7-6-10-15(16)18(22-24)19(21)26/h3-11,13H,12H2,1-2H3,(H2,21,26)/t13-/m0/s1. The van der Waals surface area contributed by atoms with Gasteiger partial charge in [0.1, 0.15) is 6.54 Å². The minimum Gasteiger partial charge on any atom is -0.364 e. The molecule has 0 saturated heterocycles. The zero-order valence-corrected chi connectivity index (χ0v) is 15.1. The van der Waals surface area contributed by atoms with Gasteiger partial charge in [-0.05, 0) is 18.6 Å². The maximum absolute atomic E-state index is 12.7. The van der Waals surface area contributed by atoms with Gasteiger partial charge in [0, 0.05) is 12.4 Å². The first-order chi connectivity index (χ1) is 12.9. The van der Waals surface area contributed by atoms with Crippen LogP contribution in [0.15, 0.2) is 59.4 Å². The second-order valence-electron chi connectivity index (χ2n) is 6.31. The molecule has 3 aromatic rings. The SMILES string of the molecule is C[C@@H](c1ccccc1)N(C)C(=O)Cn1nc(C(N)=O)c2ccccc2c1=O. The van der Waals surface area contributed by atoms with Crippen LogP contribution in [0, 0.1) is 0 Å². The molecule has 0 bridgehead atoms. The van der Waals surface area contributed by atoms with E-state index in [1.807, 2.05) is 37.3 Å². The maximum atomic E-state index is 12.7. The molecule has 0 aliphatic carbocycles. The van der Waals surface area contributed by atoms with Gasteiger partial charge in [0.2, 0.25) is 5.91 Å². The molecule has 0 spiro atoms. The van der Waals surface area contributed by atoms with Gasteiger partial charge < -0.3 is 10.6 Å². The number of benzene rings is 2. The van der Waals surface area contributed by atoms with Crippen LogP contribution in [-0.2, 0) is 11.3 Å². The highest BCUT2D eigenvalue weighted by atomic mass is 16.2. The molecule has 1 atom stereocenters. The van der Waals surface area contributed by atoms with Crippen molar-refractivity contribution in [3.8, 4) is 0 Å². The van der Waals surface area contributed by atoms with Gasteiger partial charge in [-0.2, -0.15) is 5.10 Å². The van der Waals surface area contributed by atoms with Crippen molar-refractivity contribution >= 4 is 22.6 Å². The molecule has 2 aromatic carbocycles. The molecule has 1 aromatic heterocycles. The number of aromatic nitrogens is 2. The molecule has 2 N–H and O–H groups in total. The van der Waals surface area contributed by atoms with Crippen molar-refractivity contribution in [1.82, 2.24) is 14.7 Å². The number of primary amides is 1. The summed E-state index contributed by atoms with van der Waals surface area (Å²) in [5.74, 6) is -1.05. The lowest BCUT2D eigenvalue weighted by atomic mass is 10.1. The first kappa shape index (κ1) is 18.3. The molecule has 0 radical (unpaired) electrons. The van der Waals surface area contributed by atoms with Crippen LogP contribution >= 0.6 is 0 Å². The maximum Gasteiger partial charge on any atom is 0.275 e. The minimum atomic E-state index is -0.751. The number of hydrogen-bond acceptors (Lipinski definition) is 4. The fourth-order valence-electron chi connectivity index (χ4n) is 2.94. The van der Waals surface area contributed by atoms with Crippen LogP contribution in [0.2, 0.25) is 0 Å². The van der Waals surface area contributed by atoms with Crippen LogP contribution in [0.1, 0.15) is 29.0 Å². The summed E-state index contributed by atoms with van der Waals surface area (Å²) in [6.07, 6.45) is 0. The van der Waals surface area contributed by atoms with E-state index in [0.717, 1.165) is 10.2 Å². The van der Waals surface area contributed by atoms with Gasteiger partial charge in [0.05, 0.1) is 11.4 Å². The van der Waals surface area contributed by atoms with Crippen LogP contribution in [0.5, 0.6) is 0 Å². The Labute approximate surface area is 156 Å². The number of fused-ring (bicyclic) bond motifs is 1. The van der Waals surface area contributed by atoms with E-state index >= 15 is 0 Å². The molecular weight excluding hydrogens is 344 g/mol. The number of amides is 2. The summed E-state index contributed by atoms with van der Waals surface area (Å²) in [4.78, 5) is 38.7. The number of carbonyl (C=O) groups is 2. The molecule has 1 heterocycles. The lowest BCUT2D eigenvalue weighted by molar-refractivity contribution is -0.132. The number of nitrogens with zero attached hydrogens (tertiary/aromatic N) is 3. The predicted molar refractivity (Wildman–Crippen MR) is 102 cm³/mol. The van der Waals surface area contributed by atoms with E-state index in [2.05, 4.69) is 5.10 Å². The molecule has 7 heteroatoms. The number of rotatable bonds is 5. The highest BCUT2D eigenvalue weighted by molar-refractivity contribution is 6.04. The summed E-state index contributed by atoms with van der Waals surface area (Å²) in [7, 11) is 1.67. The Morgan fingerprint density at radius 3 is 2.30 bits per heavy atom. The Balaban J connectivity index is 1.94. The van der Waals surface area contributed by atoms with Crippen molar-refractivity contribution in [3.05, 3.63) is 76.2 Å². The summed E-state index contributed by atoms with van der Waals surface area (Å²) >= 11 is 0. The first-order valence-corrected chi connectivity index (χ1v) is 8.50. The van der Waals surface area contributed by atoms with Crippen LogP contribution in [0.4, 0.5) is 0 Å². The summed E-state index contributed by atoms with van der Waals surface area (Å²) in [5.41, 5.74) is 5.91. The quantitative estimate of drug-likeness (QED) is 0.745. The monoisotopic (exact) mass is 364 g/mol. The zero-order chi connectivity index (χ0) is 19.6. The number of nitrogens with two attached hydrogens (primary N) is 1. The van der Waals surface area contributed by atoms with E-state index in [9.17, 15) is 14.4 Å². The normalized spacial score (nSPS) is 11.9. The zero-order valence-electron chi connectivity index (χ0n) is 15.1. The van der Waals surface area contributed by atoms with Gasteiger partial charge in [0.25, 0.3) is 11.5 Å². The highest BCUT2D eigenvalue weighted by Crippen LogP contribution is 2.18. The van der Waals surface area contributed by atoms with E-state index in [4.69, 9.17) is 5.73 Å². The topological polar surface area (TPSA) is 98.3 Å². The summed E-state index contributed by atoms with van der Waals surface area (Å²) in [6, 6.07) is 16.0. The highest BCUT2D eigenvalue weighted by Gasteiger charge is 2.20. The Bertz CT molecular complexity index is 1060. The lowest BCUT2D eigenvalue weighted by Crippen LogP contribution is -2.37. The smallest absolute Gasteiger partial charge is 0.275 e. The molecule has 3 rings (SSSR count). The van der Waals surface area contributed by atoms with Crippen molar-refractivity contribution in [2.75, 3.05) is 7.05 Å². The fourth-order valence-corrected chi connectivity index (χ4v) is 2.94. The Morgan fingerprint density at radius 1 is 1.07 bits per heavy atom. The second-order valence-corrected chi connectivity index (χ2v) is 6.31. The third-order valence-corrected chi connectivity index (χ3v) is 4.64. The Hall–Kier alpha value is -3.48. The van der Waals surface area contributed by atoms with Gasteiger partial charge in [0.15, 0.2) is 5.69 Å². The van der Waals surface area contributed by atoms with Crippen LogP contribution < -0.4 is 11.3 Å². The predicted octanol–water partition coefficient (Wildman–Crippen LogP) is 1.71. The van der Waals surface area contributed by atoms with E-state index in [1.165, 1.54) is 0 Å². The second kappa shape index (κ2) is 7.41. The molecule has 0 fully saturated rings. The largest absolute Gasteiger partial charge is 0.364 e. The third-order valence-electron chi connectivity index (χ3n) is 4.64. The van der Waals surface area contributed by atoms with Crippen molar-refractivity contribution < 1.29 is 9.59 Å². The van der Waals surface area contributed by atoms with Gasteiger partial charge >= 0.3 is 0 Å². The van der Waals surface area contributed by atoms with E-state index < -0.39 is 11.5 Å². The summed E-state index contributed by atoms with van der Waals surface area (Å²) in [5, 5.41) is 4.71. The lowest BCUT2D eigenvalue weighted by Gasteiger charge is -2.25. The average molecular weight is 364 g/mol.